The maximum Gasteiger partial charge on any atom is 0.247 e. The normalized spacial score (nSPS) is 15.2. The SMILES string of the molecule is COc1cccc(CN(C(=O)CCl)C(C(=O)NC2CCCCC2)c2ccc(Cl)cc2)c1. The Morgan fingerprint density at radius 3 is 2.48 bits per heavy atom. The fraction of sp³-hybridized carbons (Fsp3) is 0.417. The number of halogens is 2. The molecule has 2 amide bonds. The van der Waals surface area contributed by atoms with Crippen LogP contribution in [-0.2, 0) is 16.1 Å². The van der Waals surface area contributed by atoms with Gasteiger partial charge in [-0.2, -0.15) is 0 Å². The lowest BCUT2D eigenvalue weighted by atomic mass is 9.94. The first-order valence-corrected chi connectivity index (χ1v) is 11.5. The lowest BCUT2D eigenvalue weighted by Crippen LogP contribution is -2.47. The molecule has 0 heterocycles. The molecule has 0 aromatic heterocycles. The van der Waals surface area contributed by atoms with E-state index in [9.17, 15) is 9.59 Å². The van der Waals surface area contributed by atoms with Crippen LogP contribution in [0.3, 0.4) is 0 Å². The third-order valence-electron chi connectivity index (χ3n) is 5.62. The number of nitrogens with one attached hydrogen (secondary N) is 1. The highest BCUT2D eigenvalue weighted by molar-refractivity contribution is 6.30. The topological polar surface area (TPSA) is 58.6 Å². The van der Waals surface area contributed by atoms with Crippen molar-refractivity contribution in [3.05, 3.63) is 64.7 Å². The highest BCUT2D eigenvalue weighted by Crippen LogP contribution is 2.28. The number of carbonyl (C=O) groups excluding carboxylic acids is 2. The summed E-state index contributed by atoms with van der Waals surface area (Å²) in [5.74, 6) is -0.0469. The third kappa shape index (κ3) is 6.37. The van der Waals surface area contributed by atoms with Crippen LogP contribution in [0.25, 0.3) is 0 Å². The molecule has 0 saturated heterocycles. The molecule has 7 heteroatoms. The molecule has 0 bridgehead atoms. The number of hydrogen-bond acceptors (Lipinski definition) is 3. The Labute approximate surface area is 193 Å². The van der Waals surface area contributed by atoms with Gasteiger partial charge < -0.3 is 15.0 Å². The molecule has 1 aliphatic carbocycles. The lowest BCUT2D eigenvalue weighted by Gasteiger charge is -2.33. The molecule has 31 heavy (non-hydrogen) atoms. The number of ether oxygens (including phenoxy) is 1. The fourth-order valence-electron chi connectivity index (χ4n) is 4.01. The van der Waals surface area contributed by atoms with Crippen LogP contribution in [0.2, 0.25) is 5.02 Å². The summed E-state index contributed by atoms with van der Waals surface area (Å²) in [6.45, 7) is 0.230. The first-order chi connectivity index (χ1) is 15.0. The van der Waals surface area contributed by atoms with E-state index in [2.05, 4.69) is 5.32 Å². The van der Waals surface area contributed by atoms with Gasteiger partial charge in [0.1, 0.15) is 17.7 Å². The van der Waals surface area contributed by atoms with Gasteiger partial charge in [-0.05, 0) is 48.2 Å². The van der Waals surface area contributed by atoms with Crippen molar-refractivity contribution in [2.24, 2.45) is 0 Å². The van der Waals surface area contributed by atoms with Crippen molar-refractivity contribution in [2.45, 2.75) is 50.7 Å². The Bertz CT molecular complexity index is 883. The van der Waals surface area contributed by atoms with E-state index in [1.807, 2.05) is 24.3 Å². The second kappa shape index (κ2) is 11.4. The second-order valence-corrected chi connectivity index (χ2v) is 8.51. The summed E-state index contributed by atoms with van der Waals surface area (Å²) in [4.78, 5) is 27.9. The van der Waals surface area contributed by atoms with Crippen LogP contribution in [-0.4, -0.2) is 35.7 Å². The van der Waals surface area contributed by atoms with Gasteiger partial charge in [0.15, 0.2) is 0 Å². The van der Waals surface area contributed by atoms with Crippen LogP contribution in [0, 0.1) is 0 Å². The monoisotopic (exact) mass is 462 g/mol. The molecule has 3 rings (SSSR count). The van der Waals surface area contributed by atoms with Gasteiger partial charge in [-0.25, -0.2) is 0 Å². The van der Waals surface area contributed by atoms with Crippen LogP contribution >= 0.6 is 23.2 Å². The number of carbonyl (C=O) groups is 2. The van der Waals surface area contributed by atoms with Gasteiger partial charge >= 0.3 is 0 Å². The van der Waals surface area contributed by atoms with Gasteiger partial charge in [0, 0.05) is 17.6 Å². The van der Waals surface area contributed by atoms with E-state index in [1.54, 1.807) is 31.4 Å². The lowest BCUT2D eigenvalue weighted by molar-refractivity contribution is -0.140. The van der Waals surface area contributed by atoms with Crippen LogP contribution in [0.4, 0.5) is 0 Å². The molecule has 0 aliphatic heterocycles. The molecular weight excluding hydrogens is 435 g/mol. The van der Waals surface area contributed by atoms with Gasteiger partial charge in [0.05, 0.1) is 7.11 Å². The van der Waals surface area contributed by atoms with Crippen molar-refractivity contribution >= 4 is 35.0 Å². The third-order valence-corrected chi connectivity index (χ3v) is 6.10. The Morgan fingerprint density at radius 2 is 1.84 bits per heavy atom. The quantitative estimate of drug-likeness (QED) is 0.554. The number of amides is 2. The zero-order valence-corrected chi connectivity index (χ0v) is 19.2. The maximum absolute atomic E-state index is 13.5. The standard InChI is InChI=1S/C24H28Cl2N2O3/c1-31-21-9-5-6-17(14-21)16-28(22(29)15-25)23(18-10-12-19(26)13-11-18)24(30)27-20-7-3-2-4-8-20/h5-6,9-14,20,23H,2-4,7-8,15-16H2,1H3,(H,27,30). The van der Waals surface area contributed by atoms with E-state index in [0.717, 1.165) is 31.2 Å². The van der Waals surface area contributed by atoms with Crippen LogP contribution in [0.1, 0.15) is 49.3 Å². The van der Waals surface area contributed by atoms with Crippen LogP contribution in [0.5, 0.6) is 5.75 Å². The van der Waals surface area contributed by atoms with E-state index in [4.69, 9.17) is 27.9 Å². The molecular formula is C24H28Cl2N2O3. The Hall–Kier alpha value is -2.24. The van der Waals surface area contributed by atoms with Crippen LogP contribution in [0.15, 0.2) is 48.5 Å². The number of nitrogens with zero attached hydrogens (tertiary/aromatic N) is 1. The highest BCUT2D eigenvalue weighted by atomic mass is 35.5. The second-order valence-electron chi connectivity index (χ2n) is 7.80. The van der Waals surface area contributed by atoms with Crippen molar-refractivity contribution in [3.63, 3.8) is 0 Å². The summed E-state index contributed by atoms with van der Waals surface area (Å²) in [7, 11) is 1.59. The molecule has 166 valence electrons. The smallest absolute Gasteiger partial charge is 0.247 e. The zero-order valence-electron chi connectivity index (χ0n) is 17.7. The summed E-state index contributed by atoms with van der Waals surface area (Å²) in [5, 5.41) is 3.73. The summed E-state index contributed by atoms with van der Waals surface area (Å²) >= 11 is 12.0. The molecule has 1 atom stereocenters. The molecule has 1 aliphatic rings. The van der Waals surface area contributed by atoms with Crippen molar-refractivity contribution < 1.29 is 14.3 Å². The van der Waals surface area contributed by atoms with Gasteiger partial charge in [0.25, 0.3) is 0 Å². The molecule has 1 fully saturated rings. The van der Waals surface area contributed by atoms with E-state index in [0.29, 0.717) is 16.3 Å². The van der Waals surface area contributed by atoms with Crippen molar-refractivity contribution in [3.8, 4) is 5.75 Å². The Kier molecular flexibility index (Phi) is 8.61. The minimum atomic E-state index is -0.809. The van der Waals surface area contributed by atoms with Crippen molar-refractivity contribution in [2.75, 3.05) is 13.0 Å². The largest absolute Gasteiger partial charge is 0.497 e. The molecule has 0 spiro atoms. The number of hydrogen-bond donors (Lipinski definition) is 1. The van der Waals surface area contributed by atoms with Gasteiger partial charge in [-0.3, -0.25) is 9.59 Å². The summed E-state index contributed by atoms with van der Waals surface area (Å²) in [5.41, 5.74) is 1.54. The number of benzene rings is 2. The minimum Gasteiger partial charge on any atom is -0.497 e. The van der Waals surface area contributed by atoms with Crippen LogP contribution < -0.4 is 10.1 Å². The minimum absolute atomic E-state index is 0.126. The van der Waals surface area contributed by atoms with Gasteiger partial charge in [-0.15, -0.1) is 11.6 Å². The van der Waals surface area contributed by atoms with Crippen molar-refractivity contribution in [1.29, 1.82) is 0 Å². The van der Waals surface area contributed by atoms with E-state index in [-0.39, 0.29) is 30.3 Å². The highest BCUT2D eigenvalue weighted by Gasteiger charge is 2.32. The molecule has 1 saturated carbocycles. The van der Waals surface area contributed by atoms with E-state index in [1.165, 1.54) is 11.3 Å². The number of methoxy groups -OCH3 is 1. The summed E-state index contributed by atoms with van der Waals surface area (Å²) in [6.07, 6.45) is 5.31. The predicted molar refractivity (Wildman–Crippen MR) is 123 cm³/mol. The van der Waals surface area contributed by atoms with Gasteiger partial charge in [-0.1, -0.05) is 55.1 Å². The summed E-state index contributed by atoms with van der Waals surface area (Å²) < 4.78 is 5.31. The van der Waals surface area contributed by atoms with Crippen molar-refractivity contribution in [1.82, 2.24) is 10.2 Å². The Balaban J connectivity index is 1.94. The molecule has 2 aromatic rings. The molecule has 1 unspecified atom stereocenters. The van der Waals surface area contributed by atoms with E-state index >= 15 is 0 Å². The number of rotatable bonds is 8. The predicted octanol–water partition coefficient (Wildman–Crippen LogP) is 5.11. The molecule has 0 radical (unpaired) electrons. The van der Waals surface area contributed by atoms with E-state index < -0.39 is 6.04 Å². The average molecular weight is 463 g/mol. The molecule has 1 N–H and O–H groups in total. The zero-order chi connectivity index (χ0) is 22.2. The Morgan fingerprint density at radius 1 is 1.13 bits per heavy atom. The first kappa shape index (κ1) is 23.4. The molecule has 2 aromatic carbocycles. The fourth-order valence-corrected chi connectivity index (χ4v) is 4.29. The first-order valence-electron chi connectivity index (χ1n) is 10.6. The number of alkyl halides is 1. The maximum atomic E-state index is 13.5. The van der Waals surface area contributed by atoms with Gasteiger partial charge in [0.2, 0.25) is 11.8 Å². The average Bonchev–Trinajstić information content (AvgIpc) is 2.80. The molecule has 5 nitrogen and oxygen atoms in total. The summed E-state index contributed by atoms with van der Waals surface area (Å²) in [6, 6.07) is 13.8.